The van der Waals surface area contributed by atoms with Gasteiger partial charge >= 0.3 is 0 Å². The number of nitrogens with zero attached hydrogens (tertiary/aromatic N) is 3. The highest BCUT2D eigenvalue weighted by atomic mass is 35.5. The first-order valence-corrected chi connectivity index (χ1v) is 12.3. The van der Waals surface area contributed by atoms with Crippen LogP contribution >= 0.6 is 11.6 Å². The molecule has 1 aliphatic rings. The van der Waals surface area contributed by atoms with Crippen molar-refractivity contribution in [3.63, 3.8) is 0 Å². The molecule has 2 aromatic heterocycles. The number of furan rings is 1. The molecule has 1 saturated heterocycles. The van der Waals surface area contributed by atoms with E-state index in [2.05, 4.69) is 9.97 Å². The third kappa shape index (κ3) is 4.36. The minimum absolute atomic E-state index is 0.00220. The number of carbonyl (C=O) groups is 1. The summed E-state index contributed by atoms with van der Waals surface area (Å²) in [5.41, 5.74) is -0.292. The van der Waals surface area contributed by atoms with E-state index in [0.29, 0.717) is 5.76 Å². The molecule has 0 aliphatic carbocycles. The number of hydrogen-bond acceptors (Lipinski definition) is 8. The van der Waals surface area contributed by atoms with Crippen LogP contribution in [0.4, 0.5) is 0 Å². The van der Waals surface area contributed by atoms with Crippen molar-refractivity contribution in [1.82, 2.24) is 14.9 Å². The van der Waals surface area contributed by atoms with Crippen LogP contribution in [0, 0.1) is 0 Å². The Morgan fingerprint density at radius 1 is 1.43 bits per heavy atom. The first-order valence-electron chi connectivity index (χ1n) is 8.42. The highest BCUT2D eigenvalue weighted by Crippen LogP contribution is 2.25. The molecular weight excluding hydrogens is 430 g/mol. The number of amides is 1. The molecule has 0 unspecified atom stereocenters. The molecule has 1 amide bonds. The summed E-state index contributed by atoms with van der Waals surface area (Å²) in [4.78, 5) is 22.1. The Morgan fingerprint density at radius 2 is 2.18 bits per heavy atom. The van der Waals surface area contributed by atoms with Crippen molar-refractivity contribution in [2.75, 3.05) is 17.3 Å². The van der Waals surface area contributed by atoms with Crippen LogP contribution in [0.25, 0.3) is 0 Å². The van der Waals surface area contributed by atoms with E-state index in [9.17, 15) is 21.6 Å². The van der Waals surface area contributed by atoms with Gasteiger partial charge < -0.3 is 9.32 Å². The molecule has 0 radical (unpaired) electrons. The molecule has 1 atom stereocenters. The number of rotatable bonds is 6. The van der Waals surface area contributed by atoms with Gasteiger partial charge in [-0.3, -0.25) is 4.79 Å². The standard InChI is InChI=1S/C16H18ClN3O6S2/c1-2-28(24,25)16-18-8-13(17)14(19-16)15(21)20(9-12-4-3-6-26-12)11-5-7-27(22,23)10-11/h3-4,6,8,11H,2,5,7,9-10H2,1H3/t11-/m0/s1. The molecule has 9 nitrogen and oxygen atoms in total. The molecule has 2 aromatic rings. The average Bonchev–Trinajstić information content (AvgIpc) is 3.28. The predicted molar refractivity (Wildman–Crippen MR) is 100 cm³/mol. The summed E-state index contributed by atoms with van der Waals surface area (Å²) in [5, 5.41) is -0.620. The molecule has 0 saturated carbocycles. The van der Waals surface area contributed by atoms with E-state index >= 15 is 0 Å². The fourth-order valence-electron chi connectivity index (χ4n) is 2.87. The molecular formula is C16H18ClN3O6S2. The van der Waals surface area contributed by atoms with Crippen LogP contribution in [0.1, 0.15) is 29.6 Å². The minimum atomic E-state index is -3.75. The van der Waals surface area contributed by atoms with Crippen LogP contribution in [0.2, 0.25) is 5.02 Å². The van der Waals surface area contributed by atoms with Crippen molar-refractivity contribution >= 4 is 37.2 Å². The normalized spacial score (nSPS) is 18.9. The third-order valence-electron chi connectivity index (χ3n) is 4.40. The van der Waals surface area contributed by atoms with Crippen LogP contribution in [0.3, 0.4) is 0 Å². The lowest BCUT2D eigenvalue weighted by molar-refractivity contribution is 0.0659. The van der Waals surface area contributed by atoms with E-state index in [1.807, 2.05) is 0 Å². The summed E-state index contributed by atoms with van der Waals surface area (Å²) in [7, 11) is -7.02. The van der Waals surface area contributed by atoms with Gasteiger partial charge in [0.05, 0.1) is 41.3 Å². The molecule has 28 heavy (non-hydrogen) atoms. The highest BCUT2D eigenvalue weighted by Gasteiger charge is 2.37. The molecule has 3 rings (SSSR count). The lowest BCUT2D eigenvalue weighted by Gasteiger charge is -2.27. The molecule has 0 bridgehead atoms. The lowest BCUT2D eigenvalue weighted by atomic mass is 10.2. The van der Waals surface area contributed by atoms with E-state index in [-0.39, 0.29) is 40.9 Å². The summed E-state index contributed by atoms with van der Waals surface area (Å²) < 4.78 is 53.2. The van der Waals surface area contributed by atoms with Gasteiger partial charge in [0.15, 0.2) is 15.5 Å². The van der Waals surface area contributed by atoms with Crippen molar-refractivity contribution in [3.8, 4) is 0 Å². The van der Waals surface area contributed by atoms with Crippen molar-refractivity contribution in [2.45, 2.75) is 31.1 Å². The van der Waals surface area contributed by atoms with Crippen LogP contribution in [0.5, 0.6) is 0 Å². The smallest absolute Gasteiger partial charge is 0.274 e. The second kappa shape index (κ2) is 7.80. The van der Waals surface area contributed by atoms with Crippen molar-refractivity contribution in [2.24, 2.45) is 0 Å². The van der Waals surface area contributed by atoms with Crippen LogP contribution < -0.4 is 0 Å². The quantitative estimate of drug-likeness (QED) is 0.607. The Bertz CT molecular complexity index is 1080. The Hall–Kier alpha value is -1.98. The highest BCUT2D eigenvalue weighted by molar-refractivity contribution is 7.91. The number of hydrogen-bond donors (Lipinski definition) is 0. The molecule has 1 fully saturated rings. The van der Waals surface area contributed by atoms with Crippen LogP contribution in [-0.2, 0) is 26.2 Å². The molecule has 0 N–H and O–H groups in total. The van der Waals surface area contributed by atoms with Gasteiger partial charge in [0.2, 0.25) is 15.0 Å². The topological polar surface area (TPSA) is 128 Å². The minimum Gasteiger partial charge on any atom is -0.467 e. The average molecular weight is 448 g/mol. The zero-order valence-corrected chi connectivity index (χ0v) is 17.3. The number of carbonyl (C=O) groups excluding carboxylic acids is 1. The van der Waals surface area contributed by atoms with Gasteiger partial charge in [0.25, 0.3) is 5.91 Å². The van der Waals surface area contributed by atoms with Gasteiger partial charge in [-0.1, -0.05) is 18.5 Å². The summed E-state index contributed by atoms with van der Waals surface area (Å²) in [5.74, 6) is -0.698. The summed E-state index contributed by atoms with van der Waals surface area (Å²) >= 11 is 6.06. The van der Waals surface area contributed by atoms with Crippen LogP contribution in [-0.4, -0.2) is 60.9 Å². The maximum Gasteiger partial charge on any atom is 0.274 e. The van der Waals surface area contributed by atoms with Gasteiger partial charge in [-0.25, -0.2) is 26.8 Å². The second-order valence-corrected chi connectivity index (χ2v) is 11.1. The van der Waals surface area contributed by atoms with Crippen LogP contribution in [0.15, 0.2) is 34.2 Å². The number of halogens is 1. The SMILES string of the molecule is CCS(=O)(=O)c1ncc(Cl)c(C(=O)N(Cc2ccco2)[C@H]2CCS(=O)(=O)C2)n1. The van der Waals surface area contributed by atoms with Crippen molar-refractivity contribution in [1.29, 1.82) is 0 Å². The summed E-state index contributed by atoms with van der Waals surface area (Å²) in [6, 6.07) is 2.70. The Labute approximate surface area is 167 Å². The van der Waals surface area contributed by atoms with E-state index in [1.54, 1.807) is 12.1 Å². The van der Waals surface area contributed by atoms with E-state index < -0.39 is 36.8 Å². The fourth-order valence-corrected chi connectivity index (χ4v) is 5.48. The molecule has 0 spiro atoms. The molecule has 12 heteroatoms. The fraction of sp³-hybridized carbons (Fsp3) is 0.438. The first kappa shape index (κ1) is 20.7. The monoisotopic (exact) mass is 447 g/mol. The summed E-state index contributed by atoms with van der Waals surface area (Å²) in [6.45, 7) is 1.43. The van der Waals surface area contributed by atoms with Gasteiger partial charge in [-0.2, -0.15) is 0 Å². The molecule has 152 valence electrons. The molecule has 3 heterocycles. The van der Waals surface area contributed by atoms with E-state index in [4.69, 9.17) is 16.0 Å². The Balaban J connectivity index is 2.00. The van der Waals surface area contributed by atoms with Crippen molar-refractivity contribution < 1.29 is 26.0 Å². The lowest BCUT2D eigenvalue weighted by Crippen LogP contribution is -2.41. The van der Waals surface area contributed by atoms with E-state index in [0.717, 1.165) is 6.20 Å². The number of aromatic nitrogens is 2. The van der Waals surface area contributed by atoms with E-state index in [1.165, 1.54) is 18.1 Å². The molecule has 0 aromatic carbocycles. The predicted octanol–water partition coefficient (Wildman–Crippen LogP) is 1.35. The zero-order chi connectivity index (χ0) is 20.5. The van der Waals surface area contributed by atoms with Crippen molar-refractivity contribution in [3.05, 3.63) is 41.1 Å². The maximum absolute atomic E-state index is 13.2. The first-order chi connectivity index (χ1) is 13.1. The van der Waals surface area contributed by atoms with Gasteiger partial charge in [-0.05, 0) is 18.6 Å². The number of sulfone groups is 2. The van der Waals surface area contributed by atoms with Gasteiger partial charge in [0.1, 0.15) is 5.76 Å². The van der Waals surface area contributed by atoms with Gasteiger partial charge in [0, 0.05) is 6.04 Å². The summed E-state index contributed by atoms with van der Waals surface area (Å²) in [6.07, 6.45) is 2.76. The van der Waals surface area contributed by atoms with Gasteiger partial charge in [-0.15, -0.1) is 0 Å². The Kier molecular flexibility index (Phi) is 5.78. The third-order valence-corrected chi connectivity index (χ3v) is 7.94. The maximum atomic E-state index is 13.2. The zero-order valence-electron chi connectivity index (χ0n) is 14.9. The molecule has 1 aliphatic heterocycles. The Morgan fingerprint density at radius 3 is 2.75 bits per heavy atom. The second-order valence-electron chi connectivity index (χ2n) is 6.32. The largest absolute Gasteiger partial charge is 0.467 e.